The summed E-state index contributed by atoms with van der Waals surface area (Å²) in [6.45, 7) is 4.06. The highest BCUT2D eigenvalue weighted by Gasteiger charge is 2.28. The average molecular weight is 316 g/mol. The molecule has 0 bridgehead atoms. The minimum Gasteiger partial charge on any atom is -0.378 e. The number of nitro groups is 1. The second kappa shape index (κ2) is 6.53. The maximum absolute atomic E-state index is 11.5. The van der Waals surface area contributed by atoms with Crippen LogP contribution in [-0.2, 0) is 4.74 Å². The molecule has 0 unspecified atom stereocenters. The molecule has 0 atom stereocenters. The SMILES string of the molecule is Cc1ccc(Nc2ncnc(N3CCOCC3)c2[N+](=O)[O-])nc1. The molecule has 1 saturated heterocycles. The van der Waals surface area contributed by atoms with Gasteiger partial charge in [0, 0.05) is 19.3 Å². The fourth-order valence-corrected chi connectivity index (χ4v) is 2.30. The van der Waals surface area contributed by atoms with Crippen molar-refractivity contribution in [3.63, 3.8) is 0 Å². The summed E-state index contributed by atoms with van der Waals surface area (Å²) in [5, 5.41) is 14.4. The first-order chi connectivity index (χ1) is 11.1. The first kappa shape index (κ1) is 15.1. The number of aromatic nitrogens is 3. The molecule has 0 saturated carbocycles. The number of rotatable bonds is 4. The van der Waals surface area contributed by atoms with Gasteiger partial charge in [0.2, 0.25) is 11.6 Å². The van der Waals surface area contributed by atoms with Gasteiger partial charge >= 0.3 is 5.69 Å². The van der Waals surface area contributed by atoms with Crippen LogP contribution in [-0.4, -0.2) is 46.2 Å². The van der Waals surface area contributed by atoms with Gasteiger partial charge in [-0.05, 0) is 18.6 Å². The van der Waals surface area contributed by atoms with Gasteiger partial charge in [0.15, 0.2) is 0 Å². The van der Waals surface area contributed by atoms with Gasteiger partial charge in [-0.1, -0.05) is 6.07 Å². The number of pyridine rings is 1. The standard InChI is InChI=1S/C14H16N6O3/c1-10-2-3-11(15-8-10)18-13-12(20(21)22)14(17-9-16-13)19-4-6-23-7-5-19/h2-3,8-9H,4-7H2,1H3,(H,15,16,17,18). The normalized spacial score (nSPS) is 14.6. The summed E-state index contributed by atoms with van der Waals surface area (Å²) in [5.74, 6) is 0.913. The molecule has 2 aromatic rings. The Balaban J connectivity index is 1.95. The Morgan fingerprint density at radius 1 is 1.26 bits per heavy atom. The molecule has 0 radical (unpaired) electrons. The van der Waals surface area contributed by atoms with E-state index in [2.05, 4.69) is 20.3 Å². The van der Waals surface area contributed by atoms with Crippen molar-refractivity contribution >= 4 is 23.1 Å². The summed E-state index contributed by atoms with van der Waals surface area (Å²) in [6, 6.07) is 3.61. The Bertz CT molecular complexity index is 700. The van der Waals surface area contributed by atoms with Gasteiger partial charge in [-0.2, -0.15) is 0 Å². The fraction of sp³-hybridized carbons (Fsp3) is 0.357. The molecule has 9 heteroatoms. The highest BCUT2D eigenvalue weighted by Crippen LogP contribution is 2.33. The third-order valence-electron chi connectivity index (χ3n) is 3.45. The molecule has 120 valence electrons. The van der Waals surface area contributed by atoms with Crippen LogP contribution in [0.15, 0.2) is 24.7 Å². The predicted molar refractivity (Wildman–Crippen MR) is 84.0 cm³/mol. The van der Waals surface area contributed by atoms with Gasteiger partial charge in [-0.3, -0.25) is 10.1 Å². The van der Waals surface area contributed by atoms with Crippen molar-refractivity contribution in [1.82, 2.24) is 15.0 Å². The van der Waals surface area contributed by atoms with Crippen molar-refractivity contribution in [2.24, 2.45) is 0 Å². The lowest BCUT2D eigenvalue weighted by molar-refractivity contribution is -0.383. The van der Waals surface area contributed by atoms with E-state index in [1.807, 2.05) is 17.9 Å². The Kier molecular flexibility index (Phi) is 4.29. The number of morpholine rings is 1. The van der Waals surface area contributed by atoms with Crippen LogP contribution in [0.25, 0.3) is 0 Å². The largest absolute Gasteiger partial charge is 0.378 e. The zero-order valence-electron chi connectivity index (χ0n) is 12.6. The van der Waals surface area contributed by atoms with E-state index in [-0.39, 0.29) is 11.5 Å². The number of nitrogens with one attached hydrogen (secondary N) is 1. The summed E-state index contributed by atoms with van der Waals surface area (Å²) in [4.78, 5) is 25.2. The first-order valence-corrected chi connectivity index (χ1v) is 7.17. The summed E-state index contributed by atoms with van der Waals surface area (Å²) in [5.41, 5.74) is 0.846. The maximum Gasteiger partial charge on any atom is 0.353 e. The van der Waals surface area contributed by atoms with Gasteiger partial charge in [0.05, 0.1) is 18.1 Å². The molecule has 0 aromatic carbocycles. The van der Waals surface area contributed by atoms with Crippen LogP contribution in [0.1, 0.15) is 5.56 Å². The van der Waals surface area contributed by atoms with Crippen molar-refractivity contribution in [2.45, 2.75) is 6.92 Å². The molecule has 1 aliphatic rings. The molecule has 0 spiro atoms. The van der Waals surface area contributed by atoms with Crippen molar-refractivity contribution < 1.29 is 9.66 Å². The first-order valence-electron chi connectivity index (χ1n) is 7.17. The van der Waals surface area contributed by atoms with Crippen molar-refractivity contribution in [2.75, 3.05) is 36.5 Å². The van der Waals surface area contributed by atoms with Crippen molar-refractivity contribution in [1.29, 1.82) is 0 Å². The molecule has 2 aromatic heterocycles. The van der Waals surface area contributed by atoms with E-state index in [0.29, 0.717) is 37.9 Å². The van der Waals surface area contributed by atoms with Crippen LogP contribution in [0.5, 0.6) is 0 Å². The molecule has 3 rings (SSSR count). The molecular weight excluding hydrogens is 300 g/mol. The van der Waals surface area contributed by atoms with Gasteiger partial charge < -0.3 is 15.0 Å². The molecular formula is C14H16N6O3. The van der Waals surface area contributed by atoms with E-state index in [1.54, 1.807) is 12.3 Å². The number of hydrogen-bond acceptors (Lipinski definition) is 8. The molecule has 3 heterocycles. The van der Waals surface area contributed by atoms with Crippen LogP contribution in [0, 0.1) is 17.0 Å². The number of aryl methyl sites for hydroxylation is 1. The zero-order valence-corrected chi connectivity index (χ0v) is 12.6. The number of hydrogen-bond donors (Lipinski definition) is 1. The van der Waals surface area contributed by atoms with Gasteiger partial charge in [0.25, 0.3) is 0 Å². The summed E-state index contributed by atoms with van der Waals surface area (Å²) in [7, 11) is 0. The van der Waals surface area contributed by atoms with E-state index in [0.717, 1.165) is 5.56 Å². The van der Waals surface area contributed by atoms with Crippen LogP contribution in [0.4, 0.5) is 23.1 Å². The Labute approximate surface area is 132 Å². The molecule has 1 N–H and O–H groups in total. The monoisotopic (exact) mass is 316 g/mol. The second-order valence-electron chi connectivity index (χ2n) is 5.10. The highest BCUT2D eigenvalue weighted by molar-refractivity contribution is 5.73. The Hall–Kier alpha value is -2.81. The van der Waals surface area contributed by atoms with Crippen LogP contribution >= 0.6 is 0 Å². The van der Waals surface area contributed by atoms with E-state index in [4.69, 9.17) is 4.74 Å². The van der Waals surface area contributed by atoms with Crippen LogP contribution in [0.2, 0.25) is 0 Å². The summed E-state index contributed by atoms with van der Waals surface area (Å²) < 4.78 is 5.28. The fourth-order valence-electron chi connectivity index (χ4n) is 2.30. The third kappa shape index (κ3) is 3.34. The molecule has 1 aliphatic heterocycles. The van der Waals surface area contributed by atoms with Gasteiger partial charge in [-0.25, -0.2) is 15.0 Å². The number of nitrogens with zero attached hydrogens (tertiary/aromatic N) is 5. The highest BCUT2D eigenvalue weighted by atomic mass is 16.6. The van der Waals surface area contributed by atoms with Gasteiger partial charge in [-0.15, -0.1) is 0 Å². The molecule has 0 aliphatic carbocycles. The third-order valence-corrected chi connectivity index (χ3v) is 3.45. The van der Waals surface area contributed by atoms with Crippen LogP contribution < -0.4 is 10.2 Å². The van der Waals surface area contributed by atoms with E-state index in [9.17, 15) is 10.1 Å². The summed E-state index contributed by atoms with van der Waals surface area (Å²) in [6.07, 6.45) is 2.99. The maximum atomic E-state index is 11.5. The molecule has 0 amide bonds. The molecule has 9 nitrogen and oxygen atoms in total. The quantitative estimate of drug-likeness (QED) is 0.670. The van der Waals surface area contributed by atoms with Gasteiger partial charge in [0.1, 0.15) is 12.1 Å². The lowest BCUT2D eigenvalue weighted by Crippen LogP contribution is -2.37. The smallest absolute Gasteiger partial charge is 0.353 e. The minimum atomic E-state index is -0.471. The molecule has 1 fully saturated rings. The number of anilines is 3. The minimum absolute atomic E-state index is 0.128. The predicted octanol–water partition coefficient (Wildman–Crippen LogP) is 1.67. The topological polar surface area (TPSA) is 106 Å². The second-order valence-corrected chi connectivity index (χ2v) is 5.10. The zero-order chi connectivity index (χ0) is 16.2. The Morgan fingerprint density at radius 2 is 2.04 bits per heavy atom. The van der Waals surface area contributed by atoms with E-state index < -0.39 is 4.92 Å². The van der Waals surface area contributed by atoms with E-state index >= 15 is 0 Å². The van der Waals surface area contributed by atoms with Crippen LogP contribution in [0.3, 0.4) is 0 Å². The molecule has 23 heavy (non-hydrogen) atoms. The average Bonchev–Trinajstić information content (AvgIpc) is 2.57. The number of ether oxygens (including phenoxy) is 1. The lowest BCUT2D eigenvalue weighted by atomic mass is 10.3. The van der Waals surface area contributed by atoms with E-state index in [1.165, 1.54) is 6.33 Å². The Morgan fingerprint density at radius 3 is 2.70 bits per heavy atom. The summed E-state index contributed by atoms with van der Waals surface area (Å²) >= 11 is 0. The lowest BCUT2D eigenvalue weighted by Gasteiger charge is -2.27. The van der Waals surface area contributed by atoms with Crippen molar-refractivity contribution in [3.8, 4) is 0 Å². The van der Waals surface area contributed by atoms with Crippen molar-refractivity contribution in [3.05, 3.63) is 40.3 Å².